The molecule has 1 N–H and O–H groups in total. The Labute approximate surface area is 108 Å². The summed E-state index contributed by atoms with van der Waals surface area (Å²) in [6, 6.07) is 10.5. The third-order valence-electron chi connectivity index (χ3n) is 2.08. The maximum absolute atomic E-state index is 9.04. The van der Waals surface area contributed by atoms with Crippen molar-refractivity contribution in [1.82, 2.24) is 0 Å². The fourth-order valence-electron chi connectivity index (χ4n) is 1.23. The van der Waals surface area contributed by atoms with E-state index in [1.807, 2.05) is 17.5 Å². The quantitative estimate of drug-likeness (QED) is 0.302. The number of pyridine rings is 1. The second kappa shape index (κ2) is 5.80. The Hall–Kier alpha value is -2.39. The second-order valence-corrected chi connectivity index (χ2v) is 4.18. The summed E-state index contributed by atoms with van der Waals surface area (Å²) in [5.74, 6) is 0. The topological polar surface area (TPSA) is 72.6 Å². The van der Waals surface area contributed by atoms with Crippen LogP contribution in [0.3, 0.4) is 0 Å². The van der Waals surface area contributed by atoms with Crippen molar-refractivity contribution < 1.29 is 9.94 Å². The minimum atomic E-state index is 0.649. The first-order valence-corrected chi connectivity index (χ1v) is 5.88. The van der Waals surface area contributed by atoms with Gasteiger partial charge in [0, 0.05) is 21.8 Å². The number of thiocyanates is 1. The van der Waals surface area contributed by atoms with Gasteiger partial charge >= 0.3 is 0 Å². The van der Waals surface area contributed by atoms with E-state index >= 15 is 0 Å². The summed E-state index contributed by atoms with van der Waals surface area (Å²) in [6.45, 7) is 0. The molecule has 6 heteroatoms. The van der Waals surface area contributed by atoms with E-state index in [1.165, 1.54) is 12.4 Å². The molecule has 0 unspecified atom stereocenters. The molecule has 0 aliphatic heterocycles. The number of thioether (sulfide) groups is 1. The Morgan fingerprint density at radius 1 is 1.00 bits per heavy atom. The second-order valence-electron chi connectivity index (χ2n) is 3.32. The molecule has 0 radical (unpaired) electrons. The molecule has 18 heavy (non-hydrogen) atoms. The molecule has 0 aliphatic carbocycles. The van der Waals surface area contributed by atoms with E-state index in [2.05, 4.69) is 10.2 Å². The van der Waals surface area contributed by atoms with Gasteiger partial charge in [-0.2, -0.15) is 15.5 Å². The molecule has 0 fully saturated rings. The van der Waals surface area contributed by atoms with Crippen LogP contribution in [0.4, 0.5) is 11.4 Å². The summed E-state index contributed by atoms with van der Waals surface area (Å²) in [7, 11) is 0. The van der Waals surface area contributed by atoms with Crippen LogP contribution >= 0.6 is 11.8 Å². The maximum atomic E-state index is 9.04. The molecule has 1 aromatic heterocycles. The molecule has 0 aliphatic rings. The highest BCUT2D eigenvalue weighted by atomic mass is 32.2. The number of benzene rings is 1. The van der Waals surface area contributed by atoms with Crippen molar-refractivity contribution in [3.05, 3.63) is 48.8 Å². The fourth-order valence-corrected chi connectivity index (χ4v) is 1.60. The zero-order valence-corrected chi connectivity index (χ0v) is 10.1. The molecule has 2 rings (SSSR count). The fraction of sp³-hybridized carbons (Fsp3) is 0. The van der Waals surface area contributed by atoms with E-state index in [1.54, 1.807) is 24.3 Å². The summed E-state index contributed by atoms with van der Waals surface area (Å²) in [6.07, 6.45) is 2.95. The molecule has 1 heterocycles. The molecule has 0 amide bonds. The van der Waals surface area contributed by atoms with Gasteiger partial charge in [-0.1, -0.05) is 0 Å². The van der Waals surface area contributed by atoms with Gasteiger partial charge in [0.1, 0.15) is 5.40 Å². The smallest absolute Gasteiger partial charge is 0.224 e. The summed E-state index contributed by atoms with van der Waals surface area (Å²) in [5, 5.41) is 27.6. The SMILES string of the molecule is N#CSc1ccc(N=Nc2cc[n+](O)cc2)cc1. The number of nitrogens with zero attached hydrogens (tertiary/aromatic N) is 4. The van der Waals surface area contributed by atoms with Gasteiger partial charge in [-0.3, -0.25) is 5.21 Å². The average Bonchev–Trinajstić information content (AvgIpc) is 2.40. The van der Waals surface area contributed by atoms with Crippen LogP contribution in [-0.4, -0.2) is 5.21 Å². The van der Waals surface area contributed by atoms with E-state index in [9.17, 15) is 0 Å². The van der Waals surface area contributed by atoms with Gasteiger partial charge in [0.05, 0.1) is 11.4 Å². The predicted molar refractivity (Wildman–Crippen MR) is 65.9 cm³/mol. The summed E-state index contributed by atoms with van der Waals surface area (Å²) in [5.41, 5.74) is 1.36. The monoisotopic (exact) mass is 257 g/mol. The highest BCUT2D eigenvalue weighted by molar-refractivity contribution is 8.03. The van der Waals surface area contributed by atoms with Crippen LogP contribution in [0.5, 0.6) is 0 Å². The number of aromatic nitrogens is 1. The summed E-state index contributed by atoms with van der Waals surface area (Å²) in [4.78, 5) is 0.873. The van der Waals surface area contributed by atoms with E-state index in [4.69, 9.17) is 10.5 Å². The standard InChI is InChI=1S/C12H9N4OS/c13-9-18-12-3-1-10(2-4-12)14-15-11-5-7-16(17)8-6-11/h1-8,17H/q+1. The Kier molecular flexibility index (Phi) is 3.89. The number of hydrogen-bond donors (Lipinski definition) is 1. The van der Waals surface area contributed by atoms with Gasteiger partial charge in [0.25, 0.3) is 0 Å². The highest BCUT2D eigenvalue weighted by Crippen LogP contribution is 2.22. The van der Waals surface area contributed by atoms with Crippen LogP contribution in [0.2, 0.25) is 0 Å². The van der Waals surface area contributed by atoms with Gasteiger partial charge in [0.2, 0.25) is 12.4 Å². The summed E-state index contributed by atoms with van der Waals surface area (Å²) >= 11 is 1.10. The van der Waals surface area contributed by atoms with Gasteiger partial charge in [-0.25, -0.2) is 0 Å². The lowest BCUT2D eigenvalue weighted by atomic mass is 10.3. The van der Waals surface area contributed by atoms with Crippen molar-refractivity contribution in [2.75, 3.05) is 0 Å². The van der Waals surface area contributed by atoms with Gasteiger partial charge in [0.15, 0.2) is 0 Å². The lowest BCUT2D eigenvalue weighted by Crippen LogP contribution is -2.27. The maximum Gasteiger partial charge on any atom is 0.224 e. The highest BCUT2D eigenvalue weighted by Gasteiger charge is 1.96. The number of nitriles is 1. The van der Waals surface area contributed by atoms with Crippen molar-refractivity contribution in [2.45, 2.75) is 4.90 Å². The number of rotatable bonds is 3. The third kappa shape index (κ3) is 3.30. The largest absolute Gasteiger partial charge is 0.285 e. The van der Waals surface area contributed by atoms with Gasteiger partial charge < -0.3 is 0 Å². The van der Waals surface area contributed by atoms with Gasteiger partial charge in [-0.05, 0) is 36.0 Å². The molecular formula is C12H9N4OS+. The molecule has 1 aromatic carbocycles. The van der Waals surface area contributed by atoms with Crippen LogP contribution in [0, 0.1) is 10.7 Å². The van der Waals surface area contributed by atoms with Crippen LogP contribution in [0.25, 0.3) is 0 Å². The van der Waals surface area contributed by atoms with Gasteiger partial charge in [-0.15, -0.1) is 0 Å². The van der Waals surface area contributed by atoms with Crippen LogP contribution in [0.15, 0.2) is 63.9 Å². The molecule has 0 saturated carbocycles. The Morgan fingerprint density at radius 3 is 2.11 bits per heavy atom. The van der Waals surface area contributed by atoms with Crippen molar-refractivity contribution in [3.8, 4) is 5.40 Å². The molecular weight excluding hydrogens is 248 g/mol. The van der Waals surface area contributed by atoms with E-state index in [-0.39, 0.29) is 0 Å². The molecule has 0 saturated heterocycles. The average molecular weight is 257 g/mol. The first-order valence-electron chi connectivity index (χ1n) is 5.06. The molecule has 0 bridgehead atoms. The third-order valence-corrected chi connectivity index (χ3v) is 2.68. The van der Waals surface area contributed by atoms with Crippen molar-refractivity contribution in [2.24, 2.45) is 10.2 Å². The number of azo groups is 1. The van der Waals surface area contributed by atoms with E-state index in [0.29, 0.717) is 11.4 Å². The molecule has 88 valence electrons. The minimum absolute atomic E-state index is 0.649. The van der Waals surface area contributed by atoms with E-state index in [0.717, 1.165) is 21.4 Å². The summed E-state index contributed by atoms with van der Waals surface area (Å²) < 4.78 is 0.937. The van der Waals surface area contributed by atoms with Crippen molar-refractivity contribution in [3.63, 3.8) is 0 Å². The molecule has 5 nitrogen and oxygen atoms in total. The van der Waals surface area contributed by atoms with Crippen molar-refractivity contribution in [1.29, 1.82) is 5.26 Å². The van der Waals surface area contributed by atoms with E-state index < -0.39 is 0 Å². The zero-order valence-electron chi connectivity index (χ0n) is 9.26. The molecule has 0 atom stereocenters. The first kappa shape index (κ1) is 12.1. The number of hydrogen-bond acceptors (Lipinski definition) is 5. The first-order chi connectivity index (χ1) is 8.78. The minimum Gasteiger partial charge on any atom is -0.285 e. The Morgan fingerprint density at radius 2 is 1.56 bits per heavy atom. The predicted octanol–water partition coefficient (Wildman–Crippen LogP) is 3.20. The Balaban J connectivity index is 2.09. The normalized spacial score (nSPS) is 10.4. The van der Waals surface area contributed by atoms with Crippen LogP contribution in [-0.2, 0) is 0 Å². The molecule has 0 spiro atoms. The lowest BCUT2D eigenvalue weighted by molar-refractivity contribution is -0.904. The molecule has 2 aromatic rings. The van der Waals surface area contributed by atoms with Crippen molar-refractivity contribution >= 4 is 23.1 Å². The Bertz CT molecular complexity index is 587. The zero-order chi connectivity index (χ0) is 12.8. The lowest BCUT2D eigenvalue weighted by Gasteiger charge is -1.94. The van der Waals surface area contributed by atoms with Crippen LogP contribution in [0.1, 0.15) is 0 Å². The van der Waals surface area contributed by atoms with Crippen LogP contribution < -0.4 is 4.73 Å².